The van der Waals surface area contributed by atoms with E-state index in [1.54, 1.807) is 41.1 Å². The van der Waals surface area contributed by atoms with Crippen molar-refractivity contribution in [3.8, 4) is 0 Å². The fraction of sp³-hybridized carbons (Fsp3) is 0.755. The summed E-state index contributed by atoms with van der Waals surface area (Å²) in [6.07, 6.45) is 11.9. The number of carbonyl (C=O) groups excluding carboxylic acids is 5. The van der Waals surface area contributed by atoms with E-state index in [4.69, 9.17) is 23.7 Å². The van der Waals surface area contributed by atoms with Gasteiger partial charge in [-0.15, -0.1) is 0 Å². The normalized spacial score (nSPS) is 37.9. The largest absolute Gasteiger partial charge is 0.460 e. The second kappa shape index (κ2) is 27.3. The number of piperidine rings is 1. The molecule has 2 bridgehead atoms. The van der Waals surface area contributed by atoms with Crippen molar-refractivity contribution in [3.05, 3.63) is 47.6 Å². The minimum Gasteiger partial charge on any atom is -0.460 e. The van der Waals surface area contributed by atoms with Crippen LogP contribution in [0.3, 0.4) is 0 Å². The number of ether oxygens (including phenoxy) is 5. The number of Topliss-reactive ketones (excluding diaryl/α,β-unsaturated/α-hetero) is 3. The van der Waals surface area contributed by atoms with Gasteiger partial charge < -0.3 is 49.2 Å². The van der Waals surface area contributed by atoms with Crippen LogP contribution in [0.1, 0.15) is 126 Å². The molecule has 15 unspecified atom stereocenters. The molecular formula is C53H84N2O13. The number of nitrogens with zero attached hydrogens (tertiary/aromatic N) is 1. The molecule has 1 aliphatic carbocycles. The summed E-state index contributed by atoms with van der Waals surface area (Å²) < 4.78 is 29.0. The van der Waals surface area contributed by atoms with Crippen LogP contribution in [0, 0.1) is 35.5 Å². The lowest BCUT2D eigenvalue weighted by Crippen LogP contribution is -2.61. The molecule has 15 atom stereocenters. The lowest BCUT2D eigenvalue weighted by atomic mass is 9.78. The Morgan fingerprint density at radius 2 is 1.62 bits per heavy atom. The van der Waals surface area contributed by atoms with Crippen molar-refractivity contribution < 1.29 is 63.0 Å². The molecule has 4 N–H and O–H groups in total. The zero-order chi connectivity index (χ0) is 50.3. The number of aliphatic hydroxyl groups is 3. The van der Waals surface area contributed by atoms with E-state index >= 15 is 0 Å². The van der Waals surface area contributed by atoms with Gasteiger partial charge >= 0.3 is 5.97 Å². The predicted octanol–water partition coefficient (Wildman–Crippen LogP) is 5.77. The molecule has 3 fully saturated rings. The molecule has 0 spiro atoms. The Morgan fingerprint density at radius 3 is 2.31 bits per heavy atom. The van der Waals surface area contributed by atoms with E-state index in [-0.39, 0.29) is 60.9 Å². The number of ketones is 3. The molecule has 0 aromatic rings. The summed E-state index contributed by atoms with van der Waals surface area (Å²) in [5.74, 6) is -7.96. The number of esters is 1. The maximum Gasteiger partial charge on any atom is 0.329 e. The molecule has 0 aromatic heterocycles. The number of cyclic esters (lactones) is 1. The van der Waals surface area contributed by atoms with Crippen molar-refractivity contribution in [2.45, 2.75) is 180 Å². The Kier molecular flexibility index (Phi) is 22.9. The monoisotopic (exact) mass is 957 g/mol. The third-order valence-electron chi connectivity index (χ3n) is 15.0. The molecule has 1 amide bonds. The molecule has 1 saturated carbocycles. The van der Waals surface area contributed by atoms with E-state index in [1.807, 2.05) is 58.1 Å². The number of hydrogen-bond donors (Lipinski definition) is 4. The number of nitrogens with one attached hydrogen (secondary N) is 1. The predicted molar refractivity (Wildman–Crippen MR) is 258 cm³/mol. The lowest BCUT2D eigenvalue weighted by Gasteiger charge is -2.43. The molecule has 3 heterocycles. The number of methoxy groups -OCH3 is 3. The van der Waals surface area contributed by atoms with Crippen LogP contribution >= 0.6 is 0 Å². The van der Waals surface area contributed by atoms with Gasteiger partial charge in [-0.3, -0.25) is 19.2 Å². The first-order chi connectivity index (χ1) is 32.2. The molecule has 3 aliphatic heterocycles. The van der Waals surface area contributed by atoms with Gasteiger partial charge in [-0.2, -0.15) is 0 Å². The van der Waals surface area contributed by atoms with Crippen molar-refractivity contribution in [2.75, 3.05) is 41.0 Å². The zero-order valence-corrected chi connectivity index (χ0v) is 42.5. The Bertz CT molecular complexity index is 1810. The number of fused-ring (bicyclic) bond motifs is 3. The highest BCUT2D eigenvalue weighted by Gasteiger charge is 2.53. The molecule has 2 saturated heterocycles. The van der Waals surface area contributed by atoms with Gasteiger partial charge in [0.2, 0.25) is 5.79 Å². The van der Waals surface area contributed by atoms with Gasteiger partial charge in [0.1, 0.15) is 30.1 Å². The molecule has 0 aromatic carbocycles. The van der Waals surface area contributed by atoms with Crippen LogP contribution in [0.15, 0.2) is 47.6 Å². The van der Waals surface area contributed by atoms with E-state index in [0.717, 1.165) is 12.0 Å². The first kappa shape index (κ1) is 57.2. The quantitative estimate of drug-likeness (QED) is 0.0938. The minimum atomic E-state index is -2.43. The van der Waals surface area contributed by atoms with Gasteiger partial charge in [-0.05, 0) is 108 Å². The lowest BCUT2D eigenvalue weighted by molar-refractivity contribution is -0.264. The maximum atomic E-state index is 14.4. The first-order valence-corrected chi connectivity index (χ1v) is 25.1. The van der Waals surface area contributed by atoms with Crippen molar-refractivity contribution in [1.29, 1.82) is 0 Å². The average Bonchev–Trinajstić information content (AvgIpc) is 3.31. The van der Waals surface area contributed by atoms with Crippen LogP contribution in [0.5, 0.6) is 0 Å². The van der Waals surface area contributed by atoms with Gasteiger partial charge in [0, 0.05) is 64.6 Å². The summed E-state index contributed by atoms with van der Waals surface area (Å²) in [7, 11) is 4.57. The van der Waals surface area contributed by atoms with Gasteiger partial charge in [0.15, 0.2) is 5.78 Å². The topological polar surface area (TPSA) is 207 Å². The highest BCUT2D eigenvalue weighted by Crippen LogP contribution is 2.37. The van der Waals surface area contributed by atoms with E-state index in [0.29, 0.717) is 76.5 Å². The fourth-order valence-corrected chi connectivity index (χ4v) is 10.4. The summed E-state index contributed by atoms with van der Waals surface area (Å²) in [6, 6.07) is -1.37. The Morgan fingerprint density at radius 1 is 0.882 bits per heavy atom. The van der Waals surface area contributed by atoms with Crippen molar-refractivity contribution >= 4 is 29.2 Å². The van der Waals surface area contributed by atoms with Crippen LogP contribution < -0.4 is 5.32 Å². The smallest absolute Gasteiger partial charge is 0.329 e. The molecule has 4 rings (SSSR count). The fourth-order valence-electron chi connectivity index (χ4n) is 10.4. The van der Waals surface area contributed by atoms with Crippen molar-refractivity contribution in [3.63, 3.8) is 0 Å². The summed E-state index contributed by atoms with van der Waals surface area (Å²) in [6.45, 7) is 13.8. The summed E-state index contributed by atoms with van der Waals surface area (Å²) >= 11 is 0. The number of rotatable bonds is 9. The van der Waals surface area contributed by atoms with Gasteiger partial charge in [-0.25, -0.2) is 4.79 Å². The van der Waals surface area contributed by atoms with Crippen LogP contribution in [-0.2, 0) is 47.7 Å². The summed E-state index contributed by atoms with van der Waals surface area (Å²) in [5, 5.41) is 37.5. The summed E-state index contributed by atoms with van der Waals surface area (Å²) in [4.78, 5) is 72.2. The van der Waals surface area contributed by atoms with E-state index in [1.165, 1.54) is 12.0 Å². The molecule has 15 nitrogen and oxygen atoms in total. The van der Waals surface area contributed by atoms with E-state index in [2.05, 4.69) is 5.32 Å². The van der Waals surface area contributed by atoms with Crippen LogP contribution in [0.4, 0.5) is 0 Å². The number of carbonyl (C=O) groups is 5. The highest BCUT2D eigenvalue weighted by atomic mass is 16.6. The molecule has 384 valence electrons. The maximum absolute atomic E-state index is 14.4. The average molecular weight is 957 g/mol. The minimum absolute atomic E-state index is 0.0163. The standard InChI is InChI=1S/C53H84N2O13/c1-32-16-12-11-13-17-33(2)41(54-23-25-64-8)30-40-21-19-38(7)53(63,68-40)50(60)51(61)55-24-15-14-18-42(55)52(62)67-45(35(4)28-39-20-22-43(56)46(29-39)65-9)31-44(57)34(3)27-37(6)48(59)49(66-10)47(58)36(5)26-32/h11-13,16-17,27,32,34-36,38-43,45-46,48-49,54,56,59,63H,14-15,18-26,28-31H2,1-10H3/b13-11?,16-12+,33-17?,37-27+. The van der Waals surface area contributed by atoms with Crippen LogP contribution in [0.2, 0.25) is 0 Å². The second-order valence-corrected chi connectivity index (χ2v) is 20.4. The highest BCUT2D eigenvalue weighted by molar-refractivity contribution is 6.39. The molecule has 0 radical (unpaired) electrons. The number of aliphatic hydroxyl groups excluding tert-OH is 2. The van der Waals surface area contributed by atoms with Crippen molar-refractivity contribution in [1.82, 2.24) is 10.2 Å². The third kappa shape index (κ3) is 15.5. The van der Waals surface area contributed by atoms with Crippen molar-refractivity contribution in [2.24, 2.45) is 35.5 Å². The van der Waals surface area contributed by atoms with Gasteiger partial charge in [0.25, 0.3) is 11.7 Å². The van der Waals surface area contributed by atoms with Gasteiger partial charge in [0.05, 0.1) is 24.9 Å². The van der Waals surface area contributed by atoms with Gasteiger partial charge in [-0.1, -0.05) is 76.6 Å². The third-order valence-corrected chi connectivity index (χ3v) is 15.0. The number of hydrogen-bond acceptors (Lipinski definition) is 14. The number of allylic oxidation sites excluding steroid dienone is 6. The van der Waals surface area contributed by atoms with E-state index < -0.39 is 77.8 Å². The Hall–Kier alpha value is -3.41. The Labute approximate surface area is 405 Å². The Balaban J connectivity index is 1.72. The van der Waals surface area contributed by atoms with E-state index in [9.17, 15) is 39.3 Å². The summed E-state index contributed by atoms with van der Waals surface area (Å²) in [5.41, 5.74) is 1.36. The van der Waals surface area contributed by atoms with Crippen LogP contribution in [-0.4, -0.2) is 145 Å². The first-order valence-electron chi connectivity index (χ1n) is 25.1. The molecule has 4 aliphatic rings. The zero-order valence-electron chi connectivity index (χ0n) is 42.5. The molecule has 68 heavy (non-hydrogen) atoms. The molecule has 15 heteroatoms. The van der Waals surface area contributed by atoms with Crippen LogP contribution in [0.25, 0.3) is 0 Å². The molecular weight excluding hydrogens is 873 g/mol. The SMILES string of the molecule is COCCNC1CC2CCC(C)C(O)(O2)C(=O)C(=O)N2CCCCC2C(=O)OC(C(C)CC2CCC(O)C(OC)C2)CC(=O)C(C)/C=C(\C)C(O)C(OC)C(=O)C(C)CC(C)/C=C/C=CC=C1C. The second-order valence-electron chi connectivity index (χ2n) is 20.4. The number of amides is 1.